The predicted molar refractivity (Wildman–Crippen MR) is 101 cm³/mol. The molecule has 0 bridgehead atoms. The molecule has 0 aliphatic carbocycles. The fraction of sp³-hybridized carbons (Fsp3) is 0.158. The summed E-state index contributed by atoms with van der Waals surface area (Å²) in [4.78, 5) is 23.5. The monoisotopic (exact) mass is 406 g/mol. The van der Waals surface area contributed by atoms with Crippen molar-refractivity contribution in [2.24, 2.45) is 5.14 Å². The first kappa shape index (κ1) is 21.3. The maximum absolute atomic E-state index is 12.8. The van der Waals surface area contributed by atoms with Gasteiger partial charge in [-0.3, -0.25) is 4.79 Å². The fourth-order valence-electron chi connectivity index (χ4n) is 2.24. The third-order valence-electron chi connectivity index (χ3n) is 3.71. The molecule has 2 aromatic carbocycles. The highest BCUT2D eigenvalue weighted by Crippen LogP contribution is 2.15. The minimum Gasteiger partial charge on any atom is -0.452 e. The molecule has 0 heterocycles. The van der Waals surface area contributed by atoms with E-state index in [0.717, 1.165) is 6.08 Å². The topological polar surface area (TPSA) is 116 Å². The lowest BCUT2D eigenvalue weighted by Crippen LogP contribution is -2.30. The summed E-state index contributed by atoms with van der Waals surface area (Å²) in [6.45, 7) is 1.21. The molecule has 0 unspecified atom stereocenters. The number of hydrogen-bond donors (Lipinski definition) is 2. The Labute approximate surface area is 162 Å². The van der Waals surface area contributed by atoms with Crippen molar-refractivity contribution in [2.45, 2.75) is 17.9 Å². The van der Waals surface area contributed by atoms with E-state index in [9.17, 15) is 22.4 Å². The van der Waals surface area contributed by atoms with Crippen LogP contribution in [0.5, 0.6) is 0 Å². The highest BCUT2D eigenvalue weighted by molar-refractivity contribution is 7.89. The van der Waals surface area contributed by atoms with E-state index in [1.165, 1.54) is 54.6 Å². The van der Waals surface area contributed by atoms with Crippen molar-refractivity contribution in [1.29, 1.82) is 0 Å². The smallest absolute Gasteiger partial charge is 0.331 e. The van der Waals surface area contributed by atoms with E-state index < -0.39 is 34.5 Å². The summed E-state index contributed by atoms with van der Waals surface area (Å²) in [5.74, 6) is -1.62. The number of carbonyl (C=O) groups is 2. The lowest BCUT2D eigenvalue weighted by Gasteiger charge is -2.14. The Hall–Kier alpha value is -3.04. The summed E-state index contributed by atoms with van der Waals surface area (Å²) >= 11 is 0. The Morgan fingerprint density at radius 1 is 1.14 bits per heavy atom. The molecular formula is C19H19FN2O5S. The van der Waals surface area contributed by atoms with E-state index in [1.807, 2.05) is 0 Å². The fourth-order valence-corrected chi connectivity index (χ4v) is 2.75. The number of esters is 1. The molecule has 2 aromatic rings. The molecule has 0 spiro atoms. The van der Waals surface area contributed by atoms with E-state index in [2.05, 4.69) is 5.32 Å². The van der Waals surface area contributed by atoms with Crippen molar-refractivity contribution in [3.8, 4) is 0 Å². The van der Waals surface area contributed by atoms with Gasteiger partial charge < -0.3 is 10.1 Å². The van der Waals surface area contributed by atoms with Gasteiger partial charge in [0.1, 0.15) is 5.82 Å². The van der Waals surface area contributed by atoms with Gasteiger partial charge in [-0.1, -0.05) is 24.3 Å². The highest BCUT2D eigenvalue weighted by Gasteiger charge is 2.13. The average molecular weight is 406 g/mol. The van der Waals surface area contributed by atoms with E-state index in [-0.39, 0.29) is 10.7 Å². The number of primary sulfonamides is 1. The summed E-state index contributed by atoms with van der Waals surface area (Å²) in [6.07, 6.45) is 2.57. The Bertz CT molecular complexity index is 970. The van der Waals surface area contributed by atoms with Gasteiger partial charge in [-0.05, 0) is 48.4 Å². The number of carbonyl (C=O) groups excluding carboxylic acids is 2. The third-order valence-corrected chi connectivity index (χ3v) is 4.64. The number of amides is 1. The van der Waals surface area contributed by atoms with E-state index in [0.29, 0.717) is 11.1 Å². The number of ether oxygens (including phenoxy) is 1. The molecule has 0 aromatic heterocycles. The van der Waals surface area contributed by atoms with Crippen molar-refractivity contribution in [2.75, 3.05) is 6.61 Å². The zero-order valence-electron chi connectivity index (χ0n) is 15.0. The van der Waals surface area contributed by atoms with Crippen LogP contribution < -0.4 is 10.5 Å². The molecule has 0 saturated carbocycles. The molecule has 0 aliphatic rings. The van der Waals surface area contributed by atoms with Gasteiger partial charge in [-0.15, -0.1) is 0 Å². The molecule has 148 valence electrons. The quantitative estimate of drug-likeness (QED) is 0.538. The molecule has 0 aliphatic heterocycles. The van der Waals surface area contributed by atoms with Crippen LogP contribution in [-0.2, 0) is 24.3 Å². The number of sulfonamides is 1. The lowest BCUT2D eigenvalue weighted by molar-refractivity contribution is -0.144. The molecule has 2 rings (SSSR count). The van der Waals surface area contributed by atoms with Gasteiger partial charge in [0.05, 0.1) is 10.9 Å². The van der Waals surface area contributed by atoms with Gasteiger partial charge in [0.25, 0.3) is 5.91 Å². The summed E-state index contributed by atoms with van der Waals surface area (Å²) in [6, 6.07) is 10.8. The van der Waals surface area contributed by atoms with Crippen LogP contribution in [0.25, 0.3) is 6.08 Å². The number of hydrogen-bond acceptors (Lipinski definition) is 5. The normalized spacial score (nSPS) is 12.5. The minimum atomic E-state index is -3.78. The first-order valence-electron chi connectivity index (χ1n) is 8.17. The van der Waals surface area contributed by atoms with Crippen molar-refractivity contribution < 1.29 is 27.1 Å². The molecule has 0 saturated heterocycles. The van der Waals surface area contributed by atoms with Gasteiger partial charge >= 0.3 is 5.97 Å². The van der Waals surface area contributed by atoms with Crippen LogP contribution in [0, 0.1) is 5.82 Å². The molecule has 0 radical (unpaired) electrons. The number of rotatable bonds is 7. The van der Waals surface area contributed by atoms with E-state index >= 15 is 0 Å². The standard InChI is InChI=1S/C19H19FN2O5S/c1-13(15-5-9-17(10-6-15)28(21,25)26)22-18(23)12-27-19(24)11-4-14-2-7-16(20)8-3-14/h2-11,13H,12H2,1H3,(H,22,23)(H2,21,25,26)/b11-4+/t13-/m1/s1. The molecule has 28 heavy (non-hydrogen) atoms. The van der Waals surface area contributed by atoms with Crippen LogP contribution in [0.15, 0.2) is 59.5 Å². The van der Waals surface area contributed by atoms with Crippen LogP contribution in [0.4, 0.5) is 4.39 Å². The SMILES string of the molecule is C[C@@H](NC(=O)COC(=O)/C=C/c1ccc(F)cc1)c1ccc(S(N)(=O)=O)cc1. The van der Waals surface area contributed by atoms with Crippen molar-refractivity contribution in [3.05, 3.63) is 71.6 Å². The van der Waals surface area contributed by atoms with Crippen LogP contribution >= 0.6 is 0 Å². The molecule has 0 fully saturated rings. The predicted octanol–water partition coefficient (Wildman–Crippen LogP) is 1.91. The van der Waals surface area contributed by atoms with Gasteiger partial charge in [-0.25, -0.2) is 22.7 Å². The maximum atomic E-state index is 12.8. The maximum Gasteiger partial charge on any atom is 0.331 e. The molecule has 3 N–H and O–H groups in total. The second-order valence-electron chi connectivity index (χ2n) is 5.90. The lowest BCUT2D eigenvalue weighted by atomic mass is 10.1. The van der Waals surface area contributed by atoms with Gasteiger partial charge in [0.2, 0.25) is 10.0 Å². The molecule has 1 amide bonds. The van der Waals surface area contributed by atoms with Crippen LogP contribution in [0.1, 0.15) is 24.1 Å². The Balaban J connectivity index is 1.82. The molecule has 7 nitrogen and oxygen atoms in total. The Morgan fingerprint density at radius 3 is 2.32 bits per heavy atom. The van der Waals surface area contributed by atoms with Crippen LogP contribution in [0.3, 0.4) is 0 Å². The van der Waals surface area contributed by atoms with Gasteiger partial charge in [-0.2, -0.15) is 0 Å². The van der Waals surface area contributed by atoms with Crippen LogP contribution in [-0.4, -0.2) is 26.9 Å². The number of nitrogens with two attached hydrogens (primary N) is 1. The number of nitrogens with one attached hydrogen (secondary N) is 1. The second kappa shape index (κ2) is 9.25. The third kappa shape index (κ3) is 6.60. The van der Waals surface area contributed by atoms with Crippen molar-refractivity contribution >= 4 is 28.0 Å². The number of benzene rings is 2. The average Bonchev–Trinajstić information content (AvgIpc) is 2.65. The van der Waals surface area contributed by atoms with Crippen molar-refractivity contribution in [1.82, 2.24) is 5.32 Å². The minimum absolute atomic E-state index is 0.0309. The number of halogens is 1. The zero-order chi connectivity index (χ0) is 20.7. The highest BCUT2D eigenvalue weighted by atomic mass is 32.2. The largest absolute Gasteiger partial charge is 0.452 e. The Kier molecular flexibility index (Phi) is 7.02. The first-order chi connectivity index (χ1) is 13.1. The summed E-state index contributed by atoms with van der Waals surface area (Å²) < 4.78 is 40.1. The van der Waals surface area contributed by atoms with Crippen molar-refractivity contribution in [3.63, 3.8) is 0 Å². The van der Waals surface area contributed by atoms with E-state index in [1.54, 1.807) is 6.92 Å². The van der Waals surface area contributed by atoms with Gasteiger partial charge in [0, 0.05) is 6.08 Å². The zero-order valence-corrected chi connectivity index (χ0v) is 15.8. The summed E-state index contributed by atoms with van der Waals surface area (Å²) in [5.41, 5.74) is 1.27. The first-order valence-corrected chi connectivity index (χ1v) is 9.72. The molecular weight excluding hydrogens is 387 g/mol. The second-order valence-corrected chi connectivity index (χ2v) is 7.46. The molecule has 9 heteroatoms. The van der Waals surface area contributed by atoms with Crippen LogP contribution in [0.2, 0.25) is 0 Å². The van der Waals surface area contributed by atoms with Gasteiger partial charge in [0.15, 0.2) is 6.61 Å². The Morgan fingerprint density at radius 2 is 1.75 bits per heavy atom. The summed E-state index contributed by atoms with van der Waals surface area (Å²) in [7, 11) is -3.78. The molecule has 1 atom stereocenters. The van der Waals surface area contributed by atoms with E-state index in [4.69, 9.17) is 9.88 Å². The summed E-state index contributed by atoms with van der Waals surface area (Å²) in [5, 5.41) is 7.66.